The zero-order chi connectivity index (χ0) is 11.7. The molecule has 4 nitrogen and oxygen atoms in total. The zero-order valence-corrected chi connectivity index (χ0v) is 10.1. The SMILES string of the molecule is CC(C)CNC(=O)CCNC(=O)CCCl. The van der Waals surface area contributed by atoms with E-state index in [2.05, 4.69) is 10.6 Å². The van der Waals surface area contributed by atoms with E-state index in [-0.39, 0.29) is 11.8 Å². The van der Waals surface area contributed by atoms with Gasteiger partial charge in [-0.1, -0.05) is 13.8 Å². The van der Waals surface area contributed by atoms with Gasteiger partial charge >= 0.3 is 0 Å². The molecule has 0 aromatic rings. The van der Waals surface area contributed by atoms with Gasteiger partial charge in [0.15, 0.2) is 0 Å². The molecule has 0 radical (unpaired) electrons. The van der Waals surface area contributed by atoms with E-state index in [0.717, 1.165) is 0 Å². The summed E-state index contributed by atoms with van der Waals surface area (Å²) in [6.07, 6.45) is 0.621. The van der Waals surface area contributed by atoms with Gasteiger partial charge in [0.1, 0.15) is 0 Å². The molecule has 0 aliphatic carbocycles. The highest BCUT2D eigenvalue weighted by molar-refractivity contribution is 6.18. The lowest BCUT2D eigenvalue weighted by molar-refractivity contribution is -0.122. The van der Waals surface area contributed by atoms with E-state index < -0.39 is 0 Å². The Hall–Kier alpha value is -0.770. The van der Waals surface area contributed by atoms with E-state index in [1.165, 1.54) is 0 Å². The molecule has 0 spiro atoms. The molecule has 0 fully saturated rings. The Morgan fingerprint density at radius 3 is 2.27 bits per heavy atom. The van der Waals surface area contributed by atoms with Crippen LogP contribution in [0.3, 0.4) is 0 Å². The lowest BCUT2D eigenvalue weighted by atomic mass is 10.2. The summed E-state index contributed by atoms with van der Waals surface area (Å²) in [4.78, 5) is 22.2. The summed E-state index contributed by atoms with van der Waals surface area (Å²) >= 11 is 5.38. The number of nitrogens with one attached hydrogen (secondary N) is 2. The Kier molecular flexibility index (Phi) is 8.09. The topological polar surface area (TPSA) is 58.2 Å². The van der Waals surface area contributed by atoms with Gasteiger partial charge < -0.3 is 10.6 Å². The summed E-state index contributed by atoms with van der Waals surface area (Å²) in [6, 6.07) is 0. The fourth-order valence-corrected chi connectivity index (χ4v) is 1.07. The van der Waals surface area contributed by atoms with Crippen LogP contribution < -0.4 is 10.6 Å². The quantitative estimate of drug-likeness (QED) is 0.643. The standard InChI is InChI=1S/C10H19ClN2O2/c1-8(2)7-13-10(15)4-6-12-9(14)3-5-11/h8H,3-7H2,1-2H3,(H,12,14)(H,13,15). The van der Waals surface area contributed by atoms with Crippen molar-refractivity contribution in [1.29, 1.82) is 0 Å². The van der Waals surface area contributed by atoms with Gasteiger partial charge in [0.25, 0.3) is 0 Å². The summed E-state index contributed by atoms with van der Waals surface area (Å²) in [5.74, 6) is 0.613. The minimum Gasteiger partial charge on any atom is -0.356 e. The highest BCUT2D eigenvalue weighted by Gasteiger charge is 2.03. The second kappa shape index (κ2) is 8.53. The molecule has 0 saturated carbocycles. The molecule has 0 bridgehead atoms. The highest BCUT2D eigenvalue weighted by atomic mass is 35.5. The van der Waals surface area contributed by atoms with Crippen LogP contribution in [0.25, 0.3) is 0 Å². The van der Waals surface area contributed by atoms with Crippen molar-refractivity contribution in [1.82, 2.24) is 10.6 Å². The number of rotatable bonds is 7. The van der Waals surface area contributed by atoms with E-state index in [0.29, 0.717) is 37.7 Å². The number of halogens is 1. The van der Waals surface area contributed by atoms with Crippen LogP contribution in [0.15, 0.2) is 0 Å². The highest BCUT2D eigenvalue weighted by Crippen LogP contribution is 1.88. The number of carbonyl (C=O) groups is 2. The molecular formula is C10H19ClN2O2. The maximum absolute atomic E-state index is 11.2. The Morgan fingerprint density at radius 1 is 1.13 bits per heavy atom. The van der Waals surface area contributed by atoms with Gasteiger partial charge in [-0.05, 0) is 5.92 Å². The maximum atomic E-state index is 11.2. The van der Waals surface area contributed by atoms with Gasteiger partial charge in [-0.2, -0.15) is 0 Å². The first-order chi connectivity index (χ1) is 7.06. The second-order valence-corrected chi connectivity index (χ2v) is 4.11. The van der Waals surface area contributed by atoms with Crippen LogP contribution >= 0.6 is 11.6 Å². The average molecular weight is 235 g/mol. The van der Waals surface area contributed by atoms with Crippen molar-refractivity contribution in [2.45, 2.75) is 26.7 Å². The van der Waals surface area contributed by atoms with Gasteiger partial charge in [-0.3, -0.25) is 9.59 Å². The third kappa shape index (κ3) is 9.53. The van der Waals surface area contributed by atoms with E-state index in [1.807, 2.05) is 13.8 Å². The molecule has 88 valence electrons. The van der Waals surface area contributed by atoms with Crippen molar-refractivity contribution in [3.8, 4) is 0 Å². The first-order valence-corrected chi connectivity index (χ1v) is 5.69. The Balaban J connectivity index is 3.42. The summed E-state index contributed by atoms with van der Waals surface area (Å²) in [7, 11) is 0. The predicted octanol–water partition coefficient (Wildman–Crippen LogP) is 0.894. The first-order valence-electron chi connectivity index (χ1n) is 5.15. The van der Waals surface area contributed by atoms with Crippen molar-refractivity contribution in [2.24, 2.45) is 5.92 Å². The van der Waals surface area contributed by atoms with Gasteiger partial charge in [0.2, 0.25) is 11.8 Å². The first kappa shape index (κ1) is 14.2. The molecule has 0 atom stereocenters. The lowest BCUT2D eigenvalue weighted by Gasteiger charge is -2.07. The number of amides is 2. The molecule has 0 aromatic heterocycles. The van der Waals surface area contributed by atoms with Crippen LogP contribution in [-0.4, -0.2) is 30.8 Å². The van der Waals surface area contributed by atoms with E-state index >= 15 is 0 Å². The van der Waals surface area contributed by atoms with Gasteiger partial charge in [-0.25, -0.2) is 0 Å². The molecular weight excluding hydrogens is 216 g/mol. The lowest BCUT2D eigenvalue weighted by Crippen LogP contribution is -2.32. The third-order valence-electron chi connectivity index (χ3n) is 1.70. The van der Waals surface area contributed by atoms with E-state index in [4.69, 9.17) is 11.6 Å². The fourth-order valence-electron chi connectivity index (χ4n) is 0.896. The Bertz CT molecular complexity index is 208. The fraction of sp³-hybridized carbons (Fsp3) is 0.800. The Labute approximate surface area is 95.7 Å². The molecule has 0 saturated heterocycles. The van der Waals surface area contributed by atoms with Crippen molar-refractivity contribution >= 4 is 23.4 Å². The third-order valence-corrected chi connectivity index (χ3v) is 1.89. The van der Waals surface area contributed by atoms with Crippen LogP contribution in [0.5, 0.6) is 0 Å². The molecule has 15 heavy (non-hydrogen) atoms. The maximum Gasteiger partial charge on any atom is 0.221 e. The van der Waals surface area contributed by atoms with E-state index in [1.54, 1.807) is 0 Å². The number of carbonyl (C=O) groups excluding carboxylic acids is 2. The Morgan fingerprint density at radius 2 is 1.73 bits per heavy atom. The van der Waals surface area contributed by atoms with Crippen molar-refractivity contribution in [3.63, 3.8) is 0 Å². The number of alkyl halides is 1. The molecule has 5 heteroatoms. The smallest absolute Gasteiger partial charge is 0.221 e. The normalized spacial score (nSPS) is 10.1. The summed E-state index contributed by atoms with van der Waals surface area (Å²) in [6.45, 7) is 5.11. The molecule has 0 unspecified atom stereocenters. The summed E-state index contributed by atoms with van der Waals surface area (Å²) in [5.41, 5.74) is 0. The van der Waals surface area contributed by atoms with E-state index in [9.17, 15) is 9.59 Å². The molecule has 0 aromatic carbocycles. The molecule has 2 N–H and O–H groups in total. The molecule has 2 amide bonds. The minimum atomic E-state index is -0.110. The number of hydrogen-bond acceptors (Lipinski definition) is 2. The van der Waals surface area contributed by atoms with Crippen molar-refractivity contribution in [2.75, 3.05) is 19.0 Å². The summed E-state index contributed by atoms with van der Waals surface area (Å²) < 4.78 is 0. The van der Waals surface area contributed by atoms with Crippen LogP contribution in [0.4, 0.5) is 0 Å². The number of hydrogen-bond donors (Lipinski definition) is 2. The molecule has 0 aliphatic rings. The summed E-state index contributed by atoms with van der Waals surface area (Å²) in [5, 5.41) is 5.39. The second-order valence-electron chi connectivity index (χ2n) is 3.74. The average Bonchev–Trinajstić information content (AvgIpc) is 2.15. The van der Waals surface area contributed by atoms with Crippen LogP contribution in [0, 0.1) is 5.92 Å². The monoisotopic (exact) mass is 234 g/mol. The van der Waals surface area contributed by atoms with Crippen LogP contribution in [-0.2, 0) is 9.59 Å². The zero-order valence-electron chi connectivity index (χ0n) is 9.31. The molecule has 0 heterocycles. The predicted molar refractivity (Wildman–Crippen MR) is 60.8 cm³/mol. The van der Waals surface area contributed by atoms with Gasteiger partial charge in [0, 0.05) is 31.8 Å². The van der Waals surface area contributed by atoms with Crippen LogP contribution in [0.1, 0.15) is 26.7 Å². The van der Waals surface area contributed by atoms with Gasteiger partial charge in [0.05, 0.1) is 0 Å². The largest absolute Gasteiger partial charge is 0.356 e. The van der Waals surface area contributed by atoms with Crippen molar-refractivity contribution < 1.29 is 9.59 Å². The molecule has 0 rings (SSSR count). The van der Waals surface area contributed by atoms with Gasteiger partial charge in [-0.15, -0.1) is 11.6 Å². The molecule has 0 aliphatic heterocycles. The van der Waals surface area contributed by atoms with Crippen molar-refractivity contribution in [3.05, 3.63) is 0 Å². The minimum absolute atomic E-state index is 0.0325. The van der Waals surface area contributed by atoms with Crippen LogP contribution in [0.2, 0.25) is 0 Å².